The molecule has 13 nitrogen and oxygen atoms in total. The molecule has 1 aromatic rings. The highest BCUT2D eigenvalue weighted by molar-refractivity contribution is 7.99. The lowest BCUT2D eigenvalue weighted by Crippen LogP contribution is -2.63. The lowest BCUT2D eigenvalue weighted by molar-refractivity contribution is -0.162. The molecule has 3 aliphatic heterocycles. The van der Waals surface area contributed by atoms with Gasteiger partial charge in [0.1, 0.15) is 40.7 Å². The first-order valence-electron chi connectivity index (χ1n) is 18.1. The maximum absolute atomic E-state index is 14.2. The lowest BCUT2D eigenvalue weighted by atomic mass is 9.83. The highest BCUT2D eigenvalue weighted by atomic mass is 35.5. The molecule has 2 fully saturated rings. The van der Waals surface area contributed by atoms with E-state index in [9.17, 15) is 24.3 Å². The molecular weight excluding hydrogens is 738 g/mol. The van der Waals surface area contributed by atoms with Crippen LogP contribution in [0.5, 0.6) is 5.75 Å². The Balaban J connectivity index is 1.73. The van der Waals surface area contributed by atoms with Crippen molar-refractivity contribution in [3.05, 3.63) is 46.5 Å². The molecule has 0 saturated carbocycles. The zero-order chi connectivity index (χ0) is 40.3. The number of allylic oxidation sites excluding steroid dienone is 3. The molecule has 300 valence electrons. The van der Waals surface area contributed by atoms with Crippen molar-refractivity contribution in [2.45, 2.75) is 120 Å². The number of thioether (sulfide) groups is 1. The maximum Gasteiger partial charge on any atom is 0.409 e. The first-order valence-corrected chi connectivity index (χ1v) is 19.7. The van der Waals surface area contributed by atoms with Crippen LogP contribution >= 0.6 is 23.4 Å². The van der Waals surface area contributed by atoms with Crippen molar-refractivity contribution >= 4 is 52.9 Å². The first-order chi connectivity index (χ1) is 25.2. The van der Waals surface area contributed by atoms with E-state index in [0.29, 0.717) is 24.3 Å². The van der Waals surface area contributed by atoms with E-state index in [0.717, 1.165) is 11.1 Å². The van der Waals surface area contributed by atoms with Gasteiger partial charge in [0.2, 0.25) is 11.8 Å². The predicted octanol–water partition coefficient (Wildman–Crippen LogP) is 5.44. The maximum atomic E-state index is 14.2. The van der Waals surface area contributed by atoms with E-state index in [1.807, 2.05) is 19.3 Å². The number of benzene rings is 1. The number of alkyl carbamates (subject to hydrolysis) is 1. The van der Waals surface area contributed by atoms with Crippen molar-refractivity contribution < 1.29 is 48.0 Å². The summed E-state index contributed by atoms with van der Waals surface area (Å²) in [6.07, 6.45) is 3.84. The number of nitrogens with one attached hydrogen (secondary N) is 1. The summed E-state index contributed by atoms with van der Waals surface area (Å²) in [7, 11) is 6.07. The van der Waals surface area contributed by atoms with Gasteiger partial charge >= 0.3 is 12.1 Å². The zero-order valence-electron chi connectivity index (χ0n) is 33.2. The fourth-order valence-electron chi connectivity index (χ4n) is 6.90. The molecule has 8 unspecified atom stereocenters. The van der Waals surface area contributed by atoms with Crippen LogP contribution in [-0.4, -0.2) is 115 Å². The van der Waals surface area contributed by atoms with Gasteiger partial charge in [0.05, 0.1) is 25.3 Å². The summed E-state index contributed by atoms with van der Waals surface area (Å²) in [5.74, 6) is -1.50. The SMILES string of the molecule is COc1cc2cc(c1Cl)N(C)C(=O)CC(OC(=O)C(C)N(C)C(=O)CCC(C)(C)SC)C1(C)OC1C(C)C1CC(O)(NC(=O)O1)C(OC)C=CC=C(C)C2. The highest BCUT2D eigenvalue weighted by Crippen LogP contribution is 2.49. The fourth-order valence-corrected chi connectivity index (χ4v) is 7.52. The minimum absolute atomic E-state index is 0.0467. The molecule has 0 radical (unpaired) electrons. The second kappa shape index (κ2) is 17.2. The Hall–Kier alpha value is -3.30. The number of hydrogen-bond donors (Lipinski definition) is 2. The molecule has 0 aliphatic carbocycles. The van der Waals surface area contributed by atoms with Crippen LogP contribution in [0.1, 0.15) is 72.8 Å². The van der Waals surface area contributed by atoms with E-state index in [-0.39, 0.29) is 34.9 Å². The molecule has 8 atom stereocenters. The van der Waals surface area contributed by atoms with Gasteiger partial charge in [-0.05, 0) is 57.6 Å². The number of fused-ring (bicyclic) bond motifs is 5. The number of rotatable bonds is 9. The van der Waals surface area contributed by atoms with Crippen molar-refractivity contribution in [1.82, 2.24) is 10.2 Å². The number of anilines is 1. The third kappa shape index (κ3) is 9.73. The number of epoxide rings is 1. The molecule has 4 rings (SSSR count). The van der Waals surface area contributed by atoms with Crippen molar-refractivity contribution in [2.24, 2.45) is 5.92 Å². The van der Waals surface area contributed by atoms with Crippen molar-refractivity contribution in [2.75, 3.05) is 39.5 Å². The molecule has 1 aromatic carbocycles. The number of ether oxygens (including phenoxy) is 5. The summed E-state index contributed by atoms with van der Waals surface area (Å²) in [6, 6.07) is 2.63. The number of amides is 3. The summed E-state index contributed by atoms with van der Waals surface area (Å²) in [5, 5.41) is 14.5. The minimum Gasteiger partial charge on any atom is -0.495 e. The number of esters is 1. The molecule has 0 aromatic heterocycles. The molecule has 54 heavy (non-hydrogen) atoms. The van der Waals surface area contributed by atoms with Crippen LogP contribution in [0.15, 0.2) is 35.9 Å². The quantitative estimate of drug-likeness (QED) is 0.243. The van der Waals surface area contributed by atoms with Crippen LogP contribution < -0.4 is 15.0 Å². The number of aliphatic hydroxyl groups is 1. The number of methoxy groups -OCH3 is 2. The summed E-state index contributed by atoms with van der Waals surface area (Å²) in [4.78, 5) is 56.8. The summed E-state index contributed by atoms with van der Waals surface area (Å²) >= 11 is 8.43. The Labute approximate surface area is 328 Å². The van der Waals surface area contributed by atoms with Gasteiger partial charge in [0.15, 0.2) is 5.72 Å². The van der Waals surface area contributed by atoms with Gasteiger partial charge < -0.3 is 38.6 Å². The van der Waals surface area contributed by atoms with E-state index in [1.54, 1.807) is 70.9 Å². The Kier molecular flexibility index (Phi) is 13.9. The number of hydrogen-bond acceptors (Lipinski definition) is 11. The molecule has 3 aliphatic rings. The van der Waals surface area contributed by atoms with E-state index in [1.165, 1.54) is 24.0 Å². The van der Waals surface area contributed by atoms with Gasteiger partial charge in [-0.2, -0.15) is 11.8 Å². The molecule has 0 spiro atoms. The van der Waals surface area contributed by atoms with Gasteiger partial charge in [-0.3, -0.25) is 14.9 Å². The second-order valence-corrected chi connectivity index (χ2v) is 17.3. The molecule has 15 heteroatoms. The topological polar surface area (TPSA) is 156 Å². The Morgan fingerprint density at radius 2 is 1.94 bits per heavy atom. The molecule has 2 N–H and O–H groups in total. The third-order valence-corrected chi connectivity index (χ3v) is 12.7. The largest absolute Gasteiger partial charge is 0.495 e. The standard InChI is InChI=1S/C39H56ClN3O10S/c1-22-13-12-14-29(50-10)39(48)21-28(51-36(47)41-39)23(2)34-38(6,53-34)30(52-35(46)24(3)42(7)31(44)15-16-37(4,5)54-11)20-32(45)43(8)26-18-25(17-22)19-27(49-9)33(26)40/h12-14,18-19,23-24,28-30,34,48H,15-17,20-21H2,1-11H3,(H,41,47). The minimum atomic E-state index is -1.82. The monoisotopic (exact) mass is 793 g/mol. The van der Waals surface area contributed by atoms with Crippen LogP contribution in [0.3, 0.4) is 0 Å². The van der Waals surface area contributed by atoms with Gasteiger partial charge in [-0.1, -0.05) is 56.2 Å². The Morgan fingerprint density at radius 3 is 2.57 bits per heavy atom. The number of halogens is 1. The van der Waals surface area contributed by atoms with Crippen molar-refractivity contribution in [1.29, 1.82) is 0 Å². The fraction of sp³-hybridized carbons (Fsp3) is 0.641. The predicted molar refractivity (Wildman–Crippen MR) is 208 cm³/mol. The lowest BCUT2D eigenvalue weighted by Gasteiger charge is -2.42. The molecule has 4 bridgehead atoms. The normalized spacial score (nSPS) is 29.6. The second-order valence-electron chi connectivity index (χ2n) is 15.4. The van der Waals surface area contributed by atoms with Crippen molar-refractivity contribution in [3.63, 3.8) is 0 Å². The third-order valence-electron chi connectivity index (χ3n) is 11.0. The average Bonchev–Trinajstić information content (AvgIpc) is 3.82. The van der Waals surface area contributed by atoms with Crippen LogP contribution in [0.4, 0.5) is 10.5 Å². The first kappa shape index (κ1) is 43.4. The Bertz CT molecular complexity index is 1650. The van der Waals surface area contributed by atoms with Gasteiger partial charge in [0, 0.05) is 44.7 Å². The van der Waals surface area contributed by atoms with Gasteiger partial charge in [-0.15, -0.1) is 0 Å². The van der Waals surface area contributed by atoms with Crippen LogP contribution in [0, 0.1) is 5.92 Å². The highest BCUT2D eigenvalue weighted by Gasteiger charge is 2.64. The molecule has 3 heterocycles. The van der Waals surface area contributed by atoms with Gasteiger partial charge in [-0.25, -0.2) is 9.59 Å². The number of nitrogens with zero attached hydrogens (tertiary/aromatic N) is 2. The summed E-state index contributed by atoms with van der Waals surface area (Å²) in [6.45, 7) is 11.2. The average molecular weight is 794 g/mol. The molecule has 2 saturated heterocycles. The van der Waals surface area contributed by atoms with Crippen LogP contribution in [0.2, 0.25) is 5.02 Å². The number of likely N-dealkylation sites (N-methyl/N-ethyl adjacent to an activating group) is 1. The van der Waals surface area contributed by atoms with Gasteiger partial charge in [0.25, 0.3) is 0 Å². The van der Waals surface area contributed by atoms with Crippen LogP contribution in [-0.2, 0) is 39.8 Å². The molecular formula is C39H56ClN3O10S. The smallest absolute Gasteiger partial charge is 0.409 e. The van der Waals surface area contributed by atoms with E-state index in [4.69, 9.17) is 35.3 Å². The van der Waals surface area contributed by atoms with Crippen LogP contribution in [0.25, 0.3) is 0 Å². The summed E-state index contributed by atoms with van der Waals surface area (Å²) in [5.41, 5.74) is -0.894. The summed E-state index contributed by atoms with van der Waals surface area (Å²) < 4.78 is 29.2. The van der Waals surface area contributed by atoms with E-state index in [2.05, 4.69) is 19.2 Å². The zero-order valence-corrected chi connectivity index (χ0v) is 34.8. The number of carbonyl (C=O) groups excluding carboxylic acids is 4. The van der Waals surface area contributed by atoms with E-state index >= 15 is 0 Å². The van der Waals surface area contributed by atoms with E-state index < -0.39 is 65.7 Å². The number of carbonyl (C=O) groups is 4. The van der Waals surface area contributed by atoms with Crippen molar-refractivity contribution in [3.8, 4) is 5.75 Å². The Morgan fingerprint density at radius 1 is 1.26 bits per heavy atom. The molecule has 3 amide bonds.